The first kappa shape index (κ1) is 5.90. The molecule has 0 atom stereocenters. The molecule has 46 valence electrons. The second kappa shape index (κ2) is 2.93. The Labute approximate surface area is 54.0 Å². The first-order valence-corrected chi connectivity index (χ1v) is 2.79. The summed E-state index contributed by atoms with van der Waals surface area (Å²) in [5.41, 5.74) is 0. The van der Waals surface area contributed by atoms with Gasteiger partial charge in [-0.15, -0.1) is 0 Å². The molecule has 1 aliphatic heterocycles. The molecule has 0 N–H and O–H groups in total. The van der Waals surface area contributed by atoms with Crippen LogP contribution in [-0.2, 0) is 4.74 Å². The predicted octanol–water partition coefficient (Wildman–Crippen LogP) is 1.37. The Balaban J connectivity index is 2.50. The molecule has 0 fully saturated rings. The molecule has 0 amide bonds. The van der Waals surface area contributed by atoms with Gasteiger partial charge in [0, 0.05) is 0 Å². The molecule has 0 aromatic rings. The van der Waals surface area contributed by atoms with Gasteiger partial charge in [-0.3, -0.25) is 0 Å². The van der Waals surface area contributed by atoms with Crippen LogP contribution >= 0.6 is 0 Å². The van der Waals surface area contributed by atoms with E-state index in [9.17, 15) is 0 Å². The fourth-order valence-corrected chi connectivity index (χ4v) is 0.622. The minimum atomic E-state index is 0.379. The largest absolute Gasteiger partial charge is 0.493 e. The Bertz CT molecular complexity index is 186. The summed E-state index contributed by atoms with van der Waals surface area (Å²) < 4.78 is 5.07. The molecule has 0 aliphatic carbocycles. The van der Waals surface area contributed by atoms with Crippen LogP contribution in [0.5, 0.6) is 0 Å². The molecule has 9 heavy (non-hydrogen) atoms. The van der Waals surface area contributed by atoms with Crippen LogP contribution in [0.4, 0.5) is 0 Å². The number of nitriles is 1. The smallest absolute Gasteiger partial charge is 0.110 e. The van der Waals surface area contributed by atoms with E-state index < -0.39 is 0 Å². The number of ether oxygens (including phenoxy) is 1. The van der Waals surface area contributed by atoms with Gasteiger partial charge >= 0.3 is 0 Å². The van der Waals surface area contributed by atoms with E-state index in [1.807, 2.05) is 24.3 Å². The van der Waals surface area contributed by atoms with Crippen LogP contribution in [0, 0.1) is 11.3 Å². The first-order valence-electron chi connectivity index (χ1n) is 2.79. The zero-order valence-electron chi connectivity index (χ0n) is 5.00. The van der Waals surface area contributed by atoms with Crippen LogP contribution in [0.25, 0.3) is 0 Å². The van der Waals surface area contributed by atoms with E-state index in [1.165, 1.54) is 0 Å². The van der Waals surface area contributed by atoms with E-state index in [-0.39, 0.29) is 0 Å². The number of rotatable bonds is 1. The zero-order chi connectivity index (χ0) is 6.53. The molecular weight excluding hydrogens is 114 g/mol. The number of hydrogen-bond acceptors (Lipinski definition) is 2. The molecule has 0 spiro atoms. The normalized spacial score (nSPS) is 15.7. The molecule has 0 radical (unpaired) electrons. The van der Waals surface area contributed by atoms with E-state index >= 15 is 0 Å². The van der Waals surface area contributed by atoms with Crippen LogP contribution in [-0.4, -0.2) is 6.61 Å². The standard InChI is InChI=1S/C7H7NO/c8-5-4-7-3-1-2-6-9-7/h1-3H,4,6H2. The molecule has 1 rings (SSSR count). The Kier molecular flexibility index (Phi) is 1.92. The monoisotopic (exact) mass is 121 g/mol. The van der Waals surface area contributed by atoms with Crippen LogP contribution in [0.3, 0.4) is 0 Å². The van der Waals surface area contributed by atoms with E-state index in [0.717, 1.165) is 5.76 Å². The molecule has 0 bridgehead atoms. The SMILES string of the molecule is N#CCC1=CC=CCO1. The number of hydrogen-bond donors (Lipinski definition) is 0. The second-order valence-corrected chi connectivity index (χ2v) is 1.71. The lowest BCUT2D eigenvalue weighted by Crippen LogP contribution is -1.94. The molecule has 2 nitrogen and oxygen atoms in total. The third kappa shape index (κ3) is 1.61. The molecule has 0 saturated heterocycles. The number of nitrogens with zero attached hydrogens (tertiary/aromatic N) is 1. The average Bonchev–Trinajstić information content (AvgIpc) is 1.91. The fourth-order valence-electron chi connectivity index (χ4n) is 0.622. The van der Waals surface area contributed by atoms with Gasteiger partial charge < -0.3 is 4.74 Å². The third-order valence-electron chi connectivity index (χ3n) is 1.04. The van der Waals surface area contributed by atoms with Crippen LogP contribution in [0.15, 0.2) is 24.0 Å². The quantitative estimate of drug-likeness (QED) is 0.525. The summed E-state index contributed by atoms with van der Waals surface area (Å²) in [6, 6.07) is 2.01. The molecule has 0 aromatic carbocycles. The van der Waals surface area contributed by atoms with Gasteiger partial charge in [-0.05, 0) is 12.2 Å². The van der Waals surface area contributed by atoms with Crippen molar-refractivity contribution >= 4 is 0 Å². The maximum absolute atomic E-state index is 8.22. The zero-order valence-corrected chi connectivity index (χ0v) is 5.00. The van der Waals surface area contributed by atoms with Crippen molar-refractivity contribution in [3.05, 3.63) is 24.0 Å². The van der Waals surface area contributed by atoms with Crippen molar-refractivity contribution in [1.82, 2.24) is 0 Å². The van der Waals surface area contributed by atoms with Crippen molar-refractivity contribution in [2.45, 2.75) is 6.42 Å². The highest BCUT2D eigenvalue weighted by molar-refractivity contribution is 5.14. The van der Waals surface area contributed by atoms with E-state index in [0.29, 0.717) is 13.0 Å². The van der Waals surface area contributed by atoms with E-state index in [4.69, 9.17) is 10.00 Å². The lowest BCUT2D eigenvalue weighted by molar-refractivity contribution is 0.239. The summed E-state index contributed by atoms with van der Waals surface area (Å²) in [6.45, 7) is 0.605. The Morgan fingerprint density at radius 3 is 3.22 bits per heavy atom. The van der Waals surface area contributed by atoms with Gasteiger partial charge in [-0.2, -0.15) is 5.26 Å². The van der Waals surface area contributed by atoms with Crippen LogP contribution in [0.2, 0.25) is 0 Å². The van der Waals surface area contributed by atoms with E-state index in [2.05, 4.69) is 0 Å². The van der Waals surface area contributed by atoms with Gasteiger partial charge in [0.1, 0.15) is 12.4 Å². The van der Waals surface area contributed by atoms with Crippen molar-refractivity contribution in [2.75, 3.05) is 6.61 Å². The highest BCUT2D eigenvalue weighted by Crippen LogP contribution is 2.06. The summed E-state index contributed by atoms with van der Waals surface area (Å²) >= 11 is 0. The second-order valence-electron chi connectivity index (χ2n) is 1.71. The first-order chi connectivity index (χ1) is 4.43. The summed E-state index contributed by atoms with van der Waals surface area (Å²) in [5.74, 6) is 0.764. The van der Waals surface area contributed by atoms with Crippen molar-refractivity contribution in [2.24, 2.45) is 0 Å². The van der Waals surface area contributed by atoms with Gasteiger partial charge in [-0.25, -0.2) is 0 Å². The van der Waals surface area contributed by atoms with Gasteiger partial charge in [0.2, 0.25) is 0 Å². The third-order valence-corrected chi connectivity index (χ3v) is 1.04. The topological polar surface area (TPSA) is 33.0 Å². The summed E-state index contributed by atoms with van der Waals surface area (Å²) in [6.07, 6.45) is 5.99. The van der Waals surface area contributed by atoms with Gasteiger partial charge in [0.15, 0.2) is 0 Å². The lowest BCUT2D eigenvalue weighted by atomic mass is 10.3. The molecule has 0 aromatic heterocycles. The predicted molar refractivity (Wildman–Crippen MR) is 33.4 cm³/mol. The minimum absolute atomic E-state index is 0.379. The van der Waals surface area contributed by atoms with Crippen molar-refractivity contribution in [3.63, 3.8) is 0 Å². The Morgan fingerprint density at radius 1 is 1.78 bits per heavy atom. The van der Waals surface area contributed by atoms with Gasteiger partial charge in [0.25, 0.3) is 0 Å². The maximum atomic E-state index is 8.22. The molecular formula is C7H7NO. The highest BCUT2D eigenvalue weighted by Gasteiger charge is 1.96. The fraction of sp³-hybridized carbons (Fsp3) is 0.286. The highest BCUT2D eigenvalue weighted by atomic mass is 16.5. The van der Waals surface area contributed by atoms with Gasteiger partial charge in [-0.1, -0.05) is 6.08 Å². The maximum Gasteiger partial charge on any atom is 0.110 e. The Hall–Kier alpha value is -1.23. The lowest BCUT2D eigenvalue weighted by Gasteiger charge is -2.06. The molecule has 2 heteroatoms. The molecule has 0 unspecified atom stereocenters. The molecule has 1 heterocycles. The summed E-state index contributed by atoms with van der Waals surface area (Å²) in [7, 11) is 0. The summed E-state index contributed by atoms with van der Waals surface area (Å²) in [4.78, 5) is 0. The average molecular weight is 121 g/mol. The Morgan fingerprint density at radius 2 is 2.67 bits per heavy atom. The van der Waals surface area contributed by atoms with Crippen molar-refractivity contribution < 1.29 is 4.74 Å². The number of allylic oxidation sites excluding steroid dienone is 3. The van der Waals surface area contributed by atoms with Crippen molar-refractivity contribution in [3.8, 4) is 6.07 Å². The molecule has 0 saturated carbocycles. The van der Waals surface area contributed by atoms with Crippen molar-refractivity contribution in [1.29, 1.82) is 5.26 Å². The minimum Gasteiger partial charge on any atom is -0.493 e. The van der Waals surface area contributed by atoms with Crippen LogP contribution < -0.4 is 0 Å². The van der Waals surface area contributed by atoms with Gasteiger partial charge in [0.05, 0.1) is 12.5 Å². The van der Waals surface area contributed by atoms with Crippen LogP contribution in [0.1, 0.15) is 6.42 Å². The molecule has 1 aliphatic rings. The van der Waals surface area contributed by atoms with E-state index in [1.54, 1.807) is 0 Å². The summed E-state index contributed by atoms with van der Waals surface area (Å²) in [5, 5.41) is 8.22.